The van der Waals surface area contributed by atoms with Crippen LogP contribution in [0.3, 0.4) is 0 Å². The van der Waals surface area contributed by atoms with Gasteiger partial charge in [-0.25, -0.2) is 4.79 Å². The molecule has 0 aliphatic heterocycles. The van der Waals surface area contributed by atoms with Gasteiger partial charge in [-0.05, 0) is 32.4 Å². The molecule has 5 heteroatoms. The minimum atomic E-state index is -1.41. The molecule has 1 aliphatic carbocycles. The fourth-order valence-corrected chi connectivity index (χ4v) is 1.99. The summed E-state index contributed by atoms with van der Waals surface area (Å²) < 4.78 is 0. The Morgan fingerprint density at radius 2 is 2.10 bits per heavy atom. The second-order valence-corrected chi connectivity index (χ2v) is 5.10. The molecule has 5 nitrogen and oxygen atoms in total. The highest BCUT2D eigenvalue weighted by atomic mass is 16.4. The van der Waals surface area contributed by atoms with Crippen molar-refractivity contribution < 1.29 is 24.6 Å². The molecule has 0 aromatic rings. The number of Topliss-reactive ketones (excluding diaryl/α,β-unsaturated/α-hetero) is 1. The molecule has 0 fully saturated rings. The van der Waals surface area contributed by atoms with Gasteiger partial charge in [0.1, 0.15) is 11.4 Å². The number of hydrogen-bond acceptors (Lipinski definition) is 4. The normalized spacial score (nSPS) is 24.9. The average Bonchev–Trinajstić information content (AvgIpc) is 2.59. The highest BCUT2D eigenvalue weighted by molar-refractivity contribution is 6.09. The molecule has 0 radical (unpaired) electrons. The first-order chi connectivity index (χ1) is 9.15. The summed E-state index contributed by atoms with van der Waals surface area (Å²) in [4.78, 5) is 33.8. The van der Waals surface area contributed by atoms with Gasteiger partial charge in [0.05, 0.1) is 0 Å². The van der Waals surface area contributed by atoms with E-state index >= 15 is 0 Å². The Labute approximate surface area is 117 Å². The van der Waals surface area contributed by atoms with Crippen molar-refractivity contribution in [2.75, 3.05) is 0 Å². The number of ketones is 2. The van der Waals surface area contributed by atoms with Crippen LogP contribution in [-0.2, 0) is 14.4 Å². The second kappa shape index (κ2) is 5.96. The molecule has 0 bridgehead atoms. The van der Waals surface area contributed by atoms with E-state index in [0.29, 0.717) is 0 Å². The maximum Gasteiger partial charge on any atom is 0.331 e. The van der Waals surface area contributed by atoms with Crippen molar-refractivity contribution in [1.29, 1.82) is 0 Å². The van der Waals surface area contributed by atoms with Gasteiger partial charge in [0.15, 0.2) is 5.78 Å². The number of aliphatic hydroxyl groups is 1. The Morgan fingerprint density at radius 1 is 1.50 bits per heavy atom. The molecule has 0 saturated heterocycles. The van der Waals surface area contributed by atoms with E-state index in [1.54, 1.807) is 0 Å². The van der Waals surface area contributed by atoms with Crippen LogP contribution in [-0.4, -0.2) is 33.3 Å². The molecular formula is C15H18O5. The van der Waals surface area contributed by atoms with Crippen molar-refractivity contribution in [2.24, 2.45) is 5.92 Å². The fraction of sp³-hybridized carbons (Fsp3) is 0.400. The van der Waals surface area contributed by atoms with E-state index in [2.05, 4.69) is 6.58 Å². The maximum absolute atomic E-state index is 11.7. The zero-order valence-corrected chi connectivity index (χ0v) is 11.5. The predicted molar refractivity (Wildman–Crippen MR) is 73.0 cm³/mol. The topological polar surface area (TPSA) is 91.7 Å². The molecule has 0 amide bonds. The monoisotopic (exact) mass is 278 g/mol. The molecule has 1 rings (SSSR count). The van der Waals surface area contributed by atoms with Crippen LogP contribution in [0.15, 0.2) is 36.0 Å². The molecule has 108 valence electrons. The predicted octanol–water partition coefficient (Wildman–Crippen LogP) is 1.43. The summed E-state index contributed by atoms with van der Waals surface area (Å²) in [7, 11) is 0. The third-order valence-corrected chi connectivity index (χ3v) is 3.27. The Morgan fingerprint density at radius 3 is 2.50 bits per heavy atom. The molecule has 0 spiro atoms. The third kappa shape index (κ3) is 3.74. The Hall–Kier alpha value is -2.01. The average molecular weight is 278 g/mol. The fourth-order valence-electron chi connectivity index (χ4n) is 1.99. The number of rotatable bonds is 6. The number of carbonyl (C=O) groups is 3. The van der Waals surface area contributed by atoms with Gasteiger partial charge in [0, 0.05) is 23.5 Å². The van der Waals surface area contributed by atoms with Crippen LogP contribution < -0.4 is 0 Å². The second-order valence-electron chi connectivity index (χ2n) is 5.10. The van der Waals surface area contributed by atoms with E-state index in [-0.39, 0.29) is 35.6 Å². The molecule has 2 N–H and O–H groups in total. The van der Waals surface area contributed by atoms with Gasteiger partial charge in [-0.3, -0.25) is 4.79 Å². The molecule has 0 aromatic heterocycles. The van der Waals surface area contributed by atoms with Crippen LogP contribution in [0.2, 0.25) is 0 Å². The highest BCUT2D eigenvalue weighted by Gasteiger charge is 2.33. The van der Waals surface area contributed by atoms with Crippen LogP contribution in [0.5, 0.6) is 0 Å². The maximum atomic E-state index is 11.7. The smallest absolute Gasteiger partial charge is 0.331 e. The van der Waals surface area contributed by atoms with Crippen molar-refractivity contribution >= 4 is 17.5 Å². The van der Waals surface area contributed by atoms with Gasteiger partial charge in [-0.1, -0.05) is 12.7 Å². The van der Waals surface area contributed by atoms with E-state index in [4.69, 9.17) is 5.11 Å². The minimum Gasteiger partial charge on any atom is -0.478 e. The molecule has 0 aromatic carbocycles. The Balaban J connectivity index is 3.05. The van der Waals surface area contributed by atoms with Crippen molar-refractivity contribution in [3.05, 3.63) is 36.0 Å². The van der Waals surface area contributed by atoms with Gasteiger partial charge in [0.2, 0.25) is 0 Å². The zero-order chi connectivity index (χ0) is 15.5. The van der Waals surface area contributed by atoms with Gasteiger partial charge >= 0.3 is 5.97 Å². The number of aliphatic carboxylic acids is 1. The van der Waals surface area contributed by atoms with Gasteiger partial charge < -0.3 is 15.0 Å². The molecule has 2 atom stereocenters. The zero-order valence-electron chi connectivity index (χ0n) is 11.5. The summed E-state index contributed by atoms with van der Waals surface area (Å²) in [5.74, 6) is -2.29. The van der Waals surface area contributed by atoms with Crippen molar-refractivity contribution in [2.45, 2.75) is 32.3 Å². The lowest BCUT2D eigenvalue weighted by atomic mass is 9.88. The van der Waals surface area contributed by atoms with E-state index in [9.17, 15) is 19.5 Å². The largest absolute Gasteiger partial charge is 0.478 e. The first-order valence-corrected chi connectivity index (χ1v) is 6.25. The summed E-state index contributed by atoms with van der Waals surface area (Å²) in [6.07, 6.45) is 4.43. The number of hydrogen-bond donors (Lipinski definition) is 2. The summed E-state index contributed by atoms with van der Waals surface area (Å²) in [5, 5.41) is 19.1. The van der Waals surface area contributed by atoms with Crippen molar-refractivity contribution in [3.63, 3.8) is 0 Å². The summed E-state index contributed by atoms with van der Waals surface area (Å²) in [5.41, 5.74) is -1.40. The number of carboxylic acids is 1. The van der Waals surface area contributed by atoms with E-state index in [1.807, 2.05) is 0 Å². The standard InChI is InChI=1S/C15H18O5/c1-9(16)4-5-11(10(2)14(18)19)8-12-13(17)6-7-15(12,3)20/h6-8,11,20H,2,4-5H2,1,3H3,(H,18,19)/b12-8-/t11-,15-/m1/s1. The molecule has 0 unspecified atom stereocenters. The van der Waals surface area contributed by atoms with Gasteiger partial charge in [-0.2, -0.15) is 0 Å². The molecule has 20 heavy (non-hydrogen) atoms. The minimum absolute atomic E-state index is 0.0748. The van der Waals surface area contributed by atoms with E-state index < -0.39 is 17.5 Å². The van der Waals surface area contributed by atoms with Gasteiger partial charge in [-0.15, -0.1) is 0 Å². The SMILES string of the molecule is C=C(C(=O)O)[C@@H](/C=C1/C(=O)C=C[C@@]1(C)O)CCC(C)=O. The van der Waals surface area contributed by atoms with Crippen molar-refractivity contribution in [3.8, 4) is 0 Å². The van der Waals surface area contributed by atoms with Crippen LogP contribution in [0.1, 0.15) is 26.7 Å². The Bertz CT molecular complexity index is 522. The van der Waals surface area contributed by atoms with Gasteiger partial charge in [0.25, 0.3) is 0 Å². The summed E-state index contributed by atoms with van der Waals surface area (Å²) in [6, 6.07) is 0. The van der Waals surface area contributed by atoms with Crippen LogP contribution in [0, 0.1) is 5.92 Å². The van der Waals surface area contributed by atoms with Crippen LogP contribution in [0.4, 0.5) is 0 Å². The number of allylic oxidation sites excluding steroid dienone is 2. The van der Waals surface area contributed by atoms with E-state index in [0.717, 1.165) is 0 Å². The molecule has 0 saturated carbocycles. The number of carboxylic acid groups (broad SMARTS) is 1. The van der Waals surface area contributed by atoms with Crippen LogP contribution in [0.25, 0.3) is 0 Å². The Kier molecular flexibility index (Phi) is 4.78. The first-order valence-electron chi connectivity index (χ1n) is 6.25. The summed E-state index contributed by atoms with van der Waals surface area (Å²) >= 11 is 0. The van der Waals surface area contributed by atoms with E-state index in [1.165, 1.54) is 32.1 Å². The molecular weight excluding hydrogens is 260 g/mol. The van der Waals surface area contributed by atoms with Crippen molar-refractivity contribution in [1.82, 2.24) is 0 Å². The third-order valence-electron chi connectivity index (χ3n) is 3.27. The molecule has 1 aliphatic rings. The lowest BCUT2D eigenvalue weighted by Gasteiger charge is -2.19. The lowest BCUT2D eigenvalue weighted by Crippen LogP contribution is -2.24. The molecule has 0 heterocycles. The first kappa shape index (κ1) is 16.0. The highest BCUT2D eigenvalue weighted by Crippen LogP contribution is 2.30. The van der Waals surface area contributed by atoms with Crippen LogP contribution >= 0.6 is 0 Å². The summed E-state index contributed by atoms with van der Waals surface area (Å²) in [6.45, 7) is 6.34. The quantitative estimate of drug-likeness (QED) is 0.717. The lowest BCUT2D eigenvalue weighted by molar-refractivity contribution is -0.133. The number of carbonyl (C=O) groups excluding carboxylic acids is 2.